The largest absolute Gasteiger partial charge is 0.461 e. The number of hydrogen-bond donors (Lipinski definition) is 1. The van der Waals surface area contributed by atoms with E-state index in [-0.39, 0.29) is 0 Å². The number of hydrogen-bond acceptors (Lipinski definition) is 8. The highest BCUT2D eigenvalue weighted by Gasteiger charge is 2.13. The first-order valence-corrected chi connectivity index (χ1v) is 9.19. The standard InChI is InChI=1S/C17H17N7O2S/c1-3-26-16(25)15-20-13(10-27-15)9-24-5-4-11-6-18-17(22-14(11)24)21-12-7-19-23(2)8-12/h4-8,10H,3,9H2,1-2H3,(H,18,21,22). The second kappa shape index (κ2) is 7.16. The molecule has 4 aromatic heterocycles. The van der Waals surface area contributed by atoms with Crippen molar-refractivity contribution in [3.8, 4) is 0 Å². The maximum Gasteiger partial charge on any atom is 0.367 e. The number of carbonyl (C=O) groups excluding carboxylic acids is 1. The summed E-state index contributed by atoms with van der Waals surface area (Å²) in [6.45, 7) is 2.61. The summed E-state index contributed by atoms with van der Waals surface area (Å²) in [4.78, 5) is 25.1. The monoisotopic (exact) mass is 383 g/mol. The molecule has 27 heavy (non-hydrogen) atoms. The third-order valence-corrected chi connectivity index (χ3v) is 4.67. The molecule has 0 amide bonds. The minimum Gasteiger partial charge on any atom is -0.461 e. The number of nitrogens with zero attached hydrogens (tertiary/aromatic N) is 6. The Bertz CT molecular complexity index is 1100. The summed E-state index contributed by atoms with van der Waals surface area (Å²) >= 11 is 1.28. The van der Waals surface area contributed by atoms with Gasteiger partial charge in [0.2, 0.25) is 11.0 Å². The number of carbonyl (C=O) groups is 1. The van der Waals surface area contributed by atoms with Gasteiger partial charge in [0.05, 0.1) is 30.7 Å². The van der Waals surface area contributed by atoms with E-state index in [9.17, 15) is 4.79 Å². The fraction of sp³-hybridized carbons (Fsp3) is 0.235. The van der Waals surface area contributed by atoms with Gasteiger partial charge in [0, 0.05) is 36.4 Å². The maximum atomic E-state index is 11.8. The van der Waals surface area contributed by atoms with E-state index >= 15 is 0 Å². The zero-order valence-corrected chi connectivity index (χ0v) is 15.6. The molecule has 0 aliphatic rings. The van der Waals surface area contributed by atoms with Gasteiger partial charge >= 0.3 is 5.97 Å². The van der Waals surface area contributed by atoms with Gasteiger partial charge in [-0.25, -0.2) is 14.8 Å². The Morgan fingerprint density at radius 1 is 1.33 bits per heavy atom. The van der Waals surface area contributed by atoms with Crippen LogP contribution in [0.15, 0.2) is 36.2 Å². The highest BCUT2D eigenvalue weighted by atomic mass is 32.1. The molecule has 0 fully saturated rings. The zero-order valence-electron chi connectivity index (χ0n) is 14.8. The number of rotatable bonds is 6. The first kappa shape index (κ1) is 17.2. The van der Waals surface area contributed by atoms with Gasteiger partial charge in [-0.3, -0.25) is 4.68 Å². The minimum absolute atomic E-state index is 0.333. The number of aryl methyl sites for hydroxylation is 1. The van der Waals surface area contributed by atoms with Crippen LogP contribution in [0.3, 0.4) is 0 Å². The molecule has 4 rings (SSSR count). The third-order valence-electron chi connectivity index (χ3n) is 3.80. The molecule has 0 unspecified atom stereocenters. The fourth-order valence-corrected chi connectivity index (χ4v) is 3.31. The lowest BCUT2D eigenvalue weighted by molar-refractivity contribution is 0.0525. The van der Waals surface area contributed by atoms with Gasteiger partial charge in [0.15, 0.2) is 0 Å². The van der Waals surface area contributed by atoms with Crippen LogP contribution in [0.1, 0.15) is 22.4 Å². The third kappa shape index (κ3) is 3.65. The number of ether oxygens (including phenoxy) is 1. The minimum atomic E-state index is -0.392. The average Bonchev–Trinajstić information content (AvgIpc) is 3.37. The molecule has 1 N–H and O–H groups in total. The van der Waals surface area contributed by atoms with E-state index in [1.54, 1.807) is 24.0 Å². The van der Waals surface area contributed by atoms with Crippen molar-refractivity contribution in [1.29, 1.82) is 0 Å². The molecule has 9 nitrogen and oxygen atoms in total. The van der Waals surface area contributed by atoms with Crippen molar-refractivity contribution >= 4 is 40.0 Å². The normalized spacial score (nSPS) is 11.0. The van der Waals surface area contributed by atoms with Gasteiger partial charge in [-0.2, -0.15) is 10.1 Å². The molecule has 0 aliphatic carbocycles. The average molecular weight is 383 g/mol. The summed E-state index contributed by atoms with van der Waals surface area (Å²) in [6.07, 6.45) is 7.25. The molecule has 0 atom stereocenters. The van der Waals surface area contributed by atoms with Gasteiger partial charge in [0.25, 0.3) is 0 Å². The van der Waals surface area contributed by atoms with Crippen molar-refractivity contribution in [2.75, 3.05) is 11.9 Å². The van der Waals surface area contributed by atoms with Crippen LogP contribution in [0.4, 0.5) is 11.6 Å². The molecular weight excluding hydrogens is 366 g/mol. The van der Waals surface area contributed by atoms with Crippen LogP contribution in [0.25, 0.3) is 11.0 Å². The highest BCUT2D eigenvalue weighted by molar-refractivity contribution is 7.11. The van der Waals surface area contributed by atoms with Crippen LogP contribution >= 0.6 is 11.3 Å². The zero-order chi connectivity index (χ0) is 18.8. The van der Waals surface area contributed by atoms with Gasteiger partial charge in [0.1, 0.15) is 5.65 Å². The van der Waals surface area contributed by atoms with E-state index in [1.165, 1.54) is 11.3 Å². The predicted molar refractivity (Wildman–Crippen MR) is 101 cm³/mol. The lowest BCUT2D eigenvalue weighted by Gasteiger charge is -2.05. The van der Waals surface area contributed by atoms with Crippen molar-refractivity contribution in [1.82, 2.24) is 29.3 Å². The Labute approximate surface area is 158 Å². The Hall–Kier alpha value is -3.27. The molecule has 0 spiro atoms. The van der Waals surface area contributed by atoms with Crippen molar-refractivity contribution in [2.24, 2.45) is 7.05 Å². The lowest BCUT2D eigenvalue weighted by Crippen LogP contribution is -2.05. The van der Waals surface area contributed by atoms with E-state index in [4.69, 9.17) is 4.74 Å². The molecule has 0 aromatic carbocycles. The van der Waals surface area contributed by atoms with Crippen LogP contribution in [0.2, 0.25) is 0 Å². The number of aromatic nitrogens is 6. The van der Waals surface area contributed by atoms with Crippen LogP contribution in [0.5, 0.6) is 0 Å². The predicted octanol–water partition coefficient (Wildman–Crippen LogP) is 2.59. The molecule has 0 bridgehead atoms. The van der Waals surface area contributed by atoms with E-state index in [0.29, 0.717) is 24.1 Å². The Kier molecular flexibility index (Phi) is 4.55. The number of anilines is 2. The van der Waals surface area contributed by atoms with Crippen molar-refractivity contribution in [3.05, 3.63) is 46.9 Å². The molecule has 4 heterocycles. The summed E-state index contributed by atoms with van der Waals surface area (Å²) in [5.74, 6) is 0.0948. The van der Waals surface area contributed by atoms with Crippen LogP contribution < -0.4 is 5.32 Å². The SMILES string of the molecule is CCOC(=O)c1nc(Cn2ccc3cnc(Nc4cnn(C)c4)nc32)cs1. The number of nitrogens with one attached hydrogen (secondary N) is 1. The number of fused-ring (bicyclic) bond motifs is 1. The van der Waals surface area contributed by atoms with Crippen molar-refractivity contribution in [3.63, 3.8) is 0 Å². The Balaban J connectivity index is 1.57. The maximum absolute atomic E-state index is 11.8. The second-order valence-corrected chi connectivity index (χ2v) is 6.67. The van der Waals surface area contributed by atoms with Gasteiger partial charge in [-0.15, -0.1) is 11.3 Å². The quantitative estimate of drug-likeness (QED) is 0.511. The smallest absolute Gasteiger partial charge is 0.367 e. The van der Waals surface area contributed by atoms with Gasteiger partial charge < -0.3 is 14.6 Å². The molecule has 0 radical (unpaired) electrons. The van der Waals surface area contributed by atoms with Gasteiger partial charge in [-0.1, -0.05) is 0 Å². The first-order chi connectivity index (χ1) is 13.1. The van der Waals surface area contributed by atoms with Gasteiger partial charge in [-0.05, 0) is 13.0 Å². The van der Waals surface area contributed by atoms with Crippen LogP contribution in [0, 0.1) is 0 Å². The second-order valence-electron chi connectivity index (χ2n) is 5.81. The molecule has 0 saturated heterocycles. The topological polar surface area (TPSA) is 99.7 Å². The van der Waals surface area contributed by atoms with E-state index in [0.717, 1.165) is 22.4 Å². The van der Waals surface area contributed by atoms with E-state index in [1.807, 2.05) is 35.5 Å². The van der Waals surface area contributed by atoms with E-state index < -0.39 is 5.97 Å². The van der Waals surface area contributed by atoms with Crippen molar-refractivity contribution < 1.29 is 9.53 Å². The summed E-state index contributed by atoms with van der Waals surface area (Å²) in [6, 6.07) is 1.95. The molecular formula is C17H17N7O2S. The summed E-state index contributed by atoms with van der Waals surface area (Å²) < 4.78 is 8.66. The Morgan fingerprint density at radius 3 is 3.00 bits per heavy atom. The lowest BCUT2D eigenvalue weighted by atomic mass is 10.4. The number of esters is 1. The van der Waals surface area contributed by atoms with Crippen LogP contribution in [-0.2, 0) is 18.3 Å². The summed E-state index contributed by atoms with van der Waals surface area (Å²) in [5.41, 5.74) is 2.37. The molecule has 0 aliphatic heterocycles. The molecule has 0 saturated carbocycles. The number of thiazole rings is 1. The summed E-state index contributed by atoms with van der Waals surface area (Å²) in [7, 11) is 1.85. The molecule has 138 valence electrons. The first-order valence-electron chi connectivity index (χ1n) is 8.31. The highest BCUT2D eigenvalue weighted by Crippen LogP contribution is 2.19. The van der Waals surface area contributed by atoms with Crippen molar-refractivity contribution in [2.45, 2.75) is 13.5 Å². The van der Waals surface area contributed by atoms with Crippen LogP contribution in [-0.4, -0.2) is 41.9 Å². The molecule has 10 heteroatoms. The summed E-state index contributed by atoms with van der Waals surface area (Å²) in [5, 5.41) is 10.4. The molecule has 4 aromatic rings. The fourth-order valence-electron chi connectivity index (χ4n) is 2.61. The Morgan fingerprint density at radius 2 is 2.22 bits per heavy atom. The van der Waals surface area contributed by atoms with E-state index in [2.05, 4.69) is 25.4 Å².